The fourth-order valence-corrected chi connectivity index (χ4v) is 2.34. The lowest BCUT2D eigenvalue weighted by Crippen LogP contribution is -2.26. The number of hydrogen-bond acceptors (Lipinski definition) is 2. The number of benzene rings is 1. The number of anilines is 1. The molecule has 5 heteroatoms. The molecule has 1 aliphatic rings. The first-order valence-electron chi connectivity index (χ1n) is 5.67. The maximum absolute atomic E-state index is 13.2. The van der Waals surface area contributed by atoms with Crippen molar-refractivity contribution in [3.8, 4) is 0 Å². The Balaban J connectivity index is 1.94. The first-order valence-corrected chi connectivity index (χ1v) is 6.42. The molecule has 1 heterocycles. The molecule has 1 atom stereocenters. The molecule has 1 aliphatic heterocycles. The summed E-state index contributed by atoms with van der Waals surface area (Å²) in [4.78, 5) is 0. The Morgan fingerprint density at radius 3 is 2.59 bits per heavy atom. The van der Waals surface area contributed by atoms with Gasteiger partial charge in [0.1, 0.15) is 0 Å². The summed E-state index contributed by atoms with van der Waals surface area (Å²) in [5.41, 5.74) is 0.718. The third kappa shape index (κ3) is 3.47. The van der Waals surface area contributed by atoms with Crippen LogP contribution in [0.4, 0.5) is 10.1 Å². The minimum atomic E-state index is -0.576. The summed E-state index contributed by atoms with van der Waals surface area (Å²) in [7, 11) is 0. The Morgan fingerprint density at radius 2 is 2.00 bits per heavy atom. The maximum atomic E-state index is 13.2. The highest BCUT2D eigenvalue weighted by Crippen LogP contribution is 2.27. The molecule has 0 aliphatic carbocycles. The van der Waals surface area contributed by atoms with E-state index in [9.17, 15) is 4.39 Å². The van der Waals surface area contributed by atoms with Gasteiger partial charge in [-0.15, -0.1) is 0 Å². The van der Waals surface area contributed by atoms with Crippen LogP contribution in [0.5, 0.6) is 0 Å². The molecule has 1 saturated heterocycles. The van der Waals surface area contributed by atoms with E-state index >= 15 is 0 Å². The molecule has 1 unspecified atom stereocenters. The largest absolute Gasteiger partial charge is 0.382 e. The van der Waals surface area contributed by atoms with Crippen LogP contribution in [0.3, 0.4) is 0 Å². The van der Waals surface area contributed by atoms with Crippen molar-refractivity contribution in [1.82, 2.24) is 0 Å². The monoisotopic (exact) mass is 277 g/mol. The molecule has 1 N–H and O–H groups in total. The second-order valence-electron chi connectivity index (χ2n) is 4.12. The van der Waals surface area contributed by atoms with Gasteiger partial charge in [-0.2, -0.15) is 0 Å². The Labute approximate surface area is 110 Å². The van der Waals surface area contributed by atoms with Gasteiger partial charge in [-0.05, 0) is 31.4 Å². The average Bonchev–Trinajstić information content (AvgIpc) is 2.34. The summed E-state index contributed by atoms with van der Waals surface area (Å²) in [6.45, 7) is 1.51. The predicted octanol–water partition coefficient (Wildman–Crippen LogP) is 4.11. The molecule has 0 spiro atoms. The van der Waals surface area contributed by atoms with Crippen molar-refractivity contribution in [3.05, 3.63) is 28.0 Å². The second-order valence-corrected chi connectivity index (χ2v) is 4.94. The van der Waals surface area contributed by atoms with E-state index in [2.05, 4.69) is 5.32 Å². The highest BCUT2D eigenvalue weighted by Gasteiger charge is 2.14. The van der Waals surface area contributed by atoms with Gasteiger partial charge >= 0.3 is 0 Å². The third-order valence-electron chi connectivity index (χ3n) is 2.79. The number of hydrogen-bond donors (Lipinski definition) is 1. The Kier molecular flexibility index (Phi) is 4.48. The molecule has 0 amide bonds. The number of rotatable bonds is 3. The minimum absolute atomic E-state index is 0.0320. The van der Waals surface area contributed by atoms with Gasteiger partial charge in [0.15, 0.2) is 5.82 Å². The van der Waals surface area contributed by atoms with E-state index in [0.717, 1.165) is 25.1 Å². The standard InChI is InChI=1S/C12H14Cl2FNO/c13-10-5-8(6-11(14)12(10)15)16-7-9-3-1-2-4-17-9/h5-6,9,16H,1-4,7H2. The summed E-state index contributed by atoms with van der Waals surface area (Å²) in [6.07, 6.45) is 3.59. The molecule has 1 fully saturated rings. The zero-order chi connectivity index (χ0) is 12.3. The summed E-state index contributed by atoms with van der Waals surface area (Å²) in [5, 5.41) is 3.23. The zero-order valence-corrected chi connectivity index (χ0v) is 10.8. The summed E-state index contributed by atoms with van der Waals surface area (Å²) in [5.74, 6) is -0.576. The smallest absolute Gasteiger partial charge is 0.160 e. The third-order valence-corrected chi connectivity index (χ3v) is 3.34. The lowest BCUT2D eigenvalue weighted by Gasteiger charge is -2.23. The van der Waals surface area contributed by atoms with Crippen molar-refractivity contribution < 1.29 is 9.13 Å². The van der Waals surface area contributed by atoms with Gasteiger partial charge in [0, 0.05) is 18.8 Å². The van der Waals surface area contributed by atoms with E-state index in [1.165, 1.54) is 18.6 Å². The van der Waals surface area contributed by atoms with Crippen molar-refractivity contribution in [2.24, 2.45) is 0 Å². The van der Waals surface area contributed by atoms with Crippen molar-refractivity contribution in [3.63, 3.8) is 0 Å². The van der Waals surface area contributed by atoms with Crippen LogP contribution in [0.1, 0.15) is 19.3 Å². The van der Waals surface area contributed by atoms with Crippen LogP contribution in [0.15, 0.2) is 12.1 Å². The SMILES string of the molecule is Fc1c(Cl)cc(NCC2CCCCO2)cc1Cl. The van der Waals surface area contributed by atoms with E-state index in [-0.39, 0.29) is 16.1 Å². The molecule has 94 valence electrons. The van der Waals surface area contributed by atoms with Gasteiger partial charge in [0.05, 0.1) is 16.1 Å². The van der Waals surface area contributed by atoms with Gasteiger partial charge in [-0.25, -0.2) is 4.39 Å². The Hall–Kier alpha value is -0.510. The van der Waals surface area contributed by atoms with Crippen LogP contribution in [0, 0.1) is 5.82 Å². The van der Waals surface area contributed by atoms with Crippen LogP contribution < -0.4 is 5.32 Å². The molecule has 2 rings (SSSR count). The van der Waals surface area contributed by atoms with Gasteiger partial charge in [0.25, 0.3) is 0 Å². The van der Waals surface area contributed by atoms with Crippen LogP contribution in [-0.4, -0.2) is 19.3 Å². The van der Waals surface area contributed by atoms with Gasteiger partial charge in [-0.1, -0.05) is 23.2 Å². The van der Waals surface area contributed by atoms with Gasteiger partial charge < -0.3 is 10.1 Å². The molecule has 0 aromatic heterocycles. The quantitative estimate of drug-likeness (QED) is 0.840. The molecule has 1 aromatic rings. The van der Waals surface area contributed by atoms with Crippen LogP contribution in [0.25, 0.3) is 0 Å². The van der Waals surface area contributed by atoms with Crippen molar-refractivity contribution >= 4 is 28.9 Å². The lowest BCUT2D eigenvalue weighted by atomic mass is 10.1. The van der Waals surface area contributed by atoms with Gasteiger partial charge in [0.2, 0.25) is 0 Å². The van der Waals surface area contributed by atoms with Crippen molar-refractivity contribution in [2.75, 3.05) is 18.5 Å². The van der Waals surface area contributed by atoms with E-state index in [1.54, 1.807) is 0 Å². The molecule has 17 heavy (non-hydrogen) atoms. The summed E-state index contributed by atoms with van der Waals surface area (Å²) in [6, 6.07) is 3.07. The topological polar surface area (TPSA) is 21.3 Å². The maximum Gasteiger partial charge on any atom is 0.160 e. The predicted molar refractivity (Wildman–Crippen MR) is 68.5 cm³/mol. The van der Waals surface area contributed by atoms with E-state index in [1.807, 2.05) is 0 Å². The zero-order valence-electron chi connectivity index (χ0n) is 9.31. The number of ether oxygens (including phenoxy) is 1. The lowest BCUT2D eigenvalue weighted by molar-refractivity contribution is 0.0247. The molecule has 0 radical (unpaired) electrons. The molecule has 1 aromatic carbocycles. The normalized spacial score (nSPS) is 20.3. The van der Waals surface area contributed by atoms with E-state index < -0.39 is 5.82 Å². The Bertz CT molecular complexity index is 371. The fourth-order valence-electron chi connectivity index (χ4n) is 1.86. The summed E-state index contributed by atoms with van der Waals surface area (Å²) >= 11 is 11.4. The molecule has 0 bridgehead atoms. The van der Waals surface area contributed by atoms with E-state index in [4.69, 9.17) is 27.9 Å². The van der Waals surface area contributed by atoms with Crippen LogP contribution in [0.2, 0.25) is 10.0 Å². The highest BCUT2D eigenvalue weighted by atomic mass is 35.5. The first kappa shape index (κ1) is 12.9. The average molecular weight is 278 g/mol. The Morgan fingerprint density at radius 1 is 1.29 bits per heavy atom. The van der Waals surface area contributed by atoms with E-state index in [0.29, 0.717) is 6.54 Å². The first-order chi connectivity index (χ1) is 8.16. The molecule has 2 nitrogen and oxygen atoms in total. The second kappa shape index (κ2) is 5.89. The molecule has 0 saturated carbocycles. The molecular formula is C12H14Cl2FNO. The van der Waals surface area contributed by atoms with Gasteiger partial charge in [-0.3, -0.25) is 0 Å². The van der Waals surface area contributed by atoms with Crippen molar-refractivity contribution in [2.45, 2.75) is 25.4 Å². The van der Waals surface area contributed by atoms with Crippen molar-refractivity contribution in [1.29, 1.82) is 0 Å². The minimum Gasteiger partial charge on any atom is -0.382 e. The van der Waals surface area contributed by atoms with Crippen LogP contribution >= 0.6 is 23.2 Å². The highest BCUT2D eigenvalue weighted by molar-refractivity contribution is 6.35. The fraction of sp³-hybridized carbons (Fsp3) is 0.500. The number of nitrogens with one attached hydrogen (secondary N) is 1. The molecular weight excluding hydrogens is 264 g/mol. The van der Waals surface area contributed by atoms with Crippen LogP contribution in [-0.2, 0) is 4.74 Å². The summed E-state index contributed by atoms with van der Waals surface area (Å²) < 4.78 is 18.8. The number of halogens is 3.